The Morgan fingerprint density at radius 3 is 2.67 bits per heavy atom. The maximum Gasteiger partial charge on any atom is 0.255 e. The van der Waals surface area contributed by atoms with Crippen molar-refractivity contribution in [2.24, 2.45) is 5.92 Å². The van der Waals surface area contributed by atoms with Crippen LogP contribution in [0.5, 0.6) is 0 Å². The number of halogens is 2. The third-order valence-electron chi connectivity index (χ3n) is 5.84. The highest BCUT2D eigenvalue weighted by Gasteiger charge is 2.47. The van der Waals surface area contributed by atoms with E-state index in [0.717, 1.165) is 23.1 Å². The van der Waals surface area contributed by atoms with Gasteiger partial charge in [-0.2, -0.15) is 0 Å². The Hall–Kier alpha value is -2.87. The van der Waals surface area contributed by atoms with E-state index in [2.05, 4.69) is 36.2 Å². The SMILES string of the molecule is O=C(c1cccc(F)c1-c1ncccn1)N1C[C@@H]2C[C@@H](Nc3ccc(Br)cn3)[C@@H]1C2. The second kappa shape index (κ2) is 7.75. The molecule has 1 aromatic carbocycles. The van der Waals surface area contributed by atoms with Gasteiger partial charge in [0.1, 0.15) is 11.6 Å². The van der Waals surface area contributed by atoms with Crippen LogP contribution in [-0.4, -0.2) is 44.4 Å². The number of fused-ring (bicyclic) bond motifs is 2. The van der Waals surface area contributed by atoms with Gasteiger partial charge in [-0.3, -0.25) is 4.79 Å². The van der Waals surface area contributed by atoms with Crippen LogP contribution in [-0.2, 0) is 0 Å². The van der Waals surface area contributed by atoms with E-state index in [9.17, 15) is 9.18 Å². The molecule has 8 heteroatoms. The summed E-state index contributed by atoms with van der Waals surface area (Å²) in [6, 6.07) is 10.2. The largest absolute Gasteiger partial charge is 0.365 e. The maximum absolute atomic E-state index is 14.7. The number of amides is 1. The predicted molar refractivity (Wildman–Crippen MR) is 114 cm³/mol. The quantitative estimate of drug-likeness (QED) is 0.623. The van der Waals surface area contributed by atoms with Crippen molar-refractivity contribution in [1.82, 2.24) is 19.9 Å². The molecule has 0 unspecified atom stereocenters. The molecule has 1 N–H and O–H groups in total. The molecule has 0 spiro atoms. The molecule has 3 atom stereocenters. The molecule has 6 nitrogen and oxygen atoms in total. The van der Waals surface area contributed by atoms with E-state index in [4.69, 9.17) is 0 Å². The van der Waals surface area contributed by atoms with Gasteiger partial charge in [0.2, 0.25) is 0 Å². The smallest absolute Gasteiger partial charge is 0.255 e. The average molecular weight is 468 g/mol. The fourth-order valence-corrected chi connectivity index (χ4v) is 4.81. The van der Waals surface area contributed by atoms with Gasteiger partial charge in [-0.1, -0.05) is 6.07 Å². The molecule has 1 saturated carbocycles. The lowest BCUT2D eigenvalue weighted by Gasteiger charge is -2.34. The third-order valence-corrected chi connectivity index (χ3v) is 6.31. The van der Waals surface area contributed by atoms with E-state index in [0.29, 0.717) is 18.0 Å². The summed E-state index contributed by atoms with van der Waals surface area (Å²) in [4.78, 5) is 28.1. The number of anilines is 1. The van der Waals surface area contributed by atoms with Crippen LogP contribution < -0.4 is 5.32 Å². The molecule has 1 saturated heterocycles. The van der Waals surface area contributed by atoms with Crippen molar-refractivity contribution in [2.75, 3.05) is 11.9 Å². The molecule has 2 aliphatic rings. The monoisotopic (exact) mass is 467 g/mol. The van der Waals surface area contributed by atoms with Crippen LogP contribution in [0, 0.1) is 11.7 Å². The zero-order valence-corrected chi connectivity index (χ0v) is 17.6. The molecule has 5 rings (SSSR count). The molecular weight excluding hydrogens is 449 g/mol. The summed E-state index contributed by atoms with van der Waals surface area (Å²) < 4.78 is 15.6. The van der Waals surface area contributed by atoms with Crippen molar-refractivity contribution in [1.29, 1.82) is 0 Å². The Morgan fingerprint density at radius 1 is 1.10 bits per heavy atom. The van der Waals surface area contributed by atoms with Gasteiger partial charge < -0.3 is 10.2 Å². The van der Waals surface area contributed by atoms with Crippen molar-refractivity contribution >= 4 is 27.7 Å². The van der Waals surface area contributed by atoms with Gasteiger partial charge in [0, 0.05) is 35.6 Å². The van der Waals surface area contributed by atoms with Crippen LogP contribution in [0.15, 0.2) is 59.5 Å². The van der Waals surface area contributed by atoms with Crippen LogP contribution >= 0.6 is 15.9 Å². The van der Waals surface area contributed by atoms with E-state index in [1.165, 1.54) is 6.07 Å². The first kappa shape index (κ1) is 19.1. The van der Waals surface area contributed by atoms with Crippen molar-refractivity contribution in [2.45, 2.75) is 24.9 Å². The number of likely N-dealkylation sites (tertiary alicyclic amines) is 1. The van der Waals surface area contributed by atoms with E-state index in [-0.39, 0.29) is 29.4 Å². The lowest BCUT2D eigenvalue weighted by molar-refractivity contribution is 0.0692. The van der Waals surface area contributed by atoms with Gasteiger partial charge in [0.25, 0.3) is 5.91 Å². The topological polar surface area (TPSA) is 71.0 Å². The first-order chi connectivity index (χ1) is 14.6. The molecule has 3 aromatic rings. The van der Waals surface area contributed by atoms with Gasteiger partial charge in [-0.05, 0) is 65.0 Å². The number of benzene rings is 1. The number of pyridine rings is 1. The van der Waals surface area contributed by atoms with Crippen LogP contribution in [0.1, 0.15) is 23.2 Å². The Bertz CT molecular complexity index is 1080. The van der Waals surface area contributed by atoms with Gasteiger partial charge in [-0.15, -0.1) is 0 Å². The highest BCUT2D eigenvalue weighted by Crippen LogP contribution is 2.40. The normalized spacial score (nSPS) is 22.3. The fourth-order valence-electron chi connectivity index (χ4n) is 4.58. The van der Waals surface area contributed by atoms with Crippen molar-refractivity contribution < 1.29 is 9.18 Å². The lowest BCUT2D eigenvalue weighted by Crippen LogP contribution is -2.47. The summed E-state index contributed by atoms with van der Waals surface area (Å²) in [5, 5.41) is 3.47. The molecule has 2 aromatic heterocycles. The second-order valence-electron chi connectivity index (χ2n) is 7.71. The van der Waals surface area contributed by atoms with Crippen LogP contribution in [0.2, 0.25) is 0 Å². The lowest BCUT2D eigenvalue weighted by atomic mass is 10.0. The molecule has 0 radical (unpaired) electrons. The zero-order chi connectivity index (χ0) is 20.7. The summed E-state index contributed by atoms with van der Waals surface area (Å²) in [5.41, 5.74) is 0.458. The summed E-state index contributed by atoms with van der Waals surface area (Å²) in [6.45, 7) is 0.682. The van der Waals surface area contributed by atoms with E-state index in [1.807, 2.05) is 17.0 Å². The van der Waals surface area contributed by atoms with Gasteiger partial charge in [-0.25, -0.2) is 19.3 Å². The molecule has 1 aliphatic heterocycles. The fraction of sp³-hybridized carbons (Fsp3) is 0.273. The number of nitrogens with zero attached hydrogens (tertiary/aromatic N) is 4. The van der Waals surface area contributed by atoms with Gasteiger partial charge in [0.05, 0.1) is 17.2 Å². The Labute approximate surface area is 181 Å². The van der Waals surface area contributed by atoms with Gasteiger partial charge in [0.15, 0.2) is 5.82 Å². The summed E-state index contributed by atoms with van der Waals surface area (Å²) >= 11 is 3.39. The van der Waals surface area contributed by atoms with Crippen LogP contribution in [0.3, 0.4) is 0 Å². The number of nitrogens with one attached hydrogen (secondary N) is 1. The van der Waals surface area contributed by atoms with Gasteiger partial charge >= 0.3 is 0 Å². The molecule has 2 fully saturated rings. The Kier molecular flexibility index (Phi) is 4.94. The number of piperidine rings is 1. The summed E-state index contributed by atoms with van der Waals surface area (Å²) in [6.07, 6.45) is 6.77. The first-order valence-electron chi connectivity index (χ1n) is 9.85. The van der Waals surface area contributed by atoms with E-state index in [1.54, 1.807) is 36.8 Å². The number of hydrogen-bond acceptors (Lipinski definition) is 5. The van der Waals surface area contributed by atoms with E-state index < -0.39 is 5.82 Å². The number of carbonyl (C=O) groups excluding carboxylic acids is 1. The molecule has 1 amide bonds. The molecular formula is C22H19BrFN5O. The highest BCUT2D eigenvalue weighted by molar-refractivity contribution is 9.10. The average Bonchev–Trinajstić information content (AvgIpc) is 3.36. The first-order valence-corrected chi connectivity index (χ1v) is 10.6. The molecule has 1 aliphatic carbocycles. The number of carbonyl (C=O) groups is 1. The predicted octanol–water partition coefficient (Wildman–Crippen LogP) is 4.16. The number of rotatable bonds is 4. The highest BCUT2D eigenvalue weighted by atomic mass is 79.9. The molecule has 2 bridgehead atoms. The van der Waals surface area contributed by atoms with Crippen molar-refractivity contribution in [3.05, 3.63) is 70.8 Å². The maximum atomic E-state index is 14.7. The van der Waals surface area contributed by atoms with Crippen molar-refractivity contribution in [3.63, 3.8) is 0 Å². The van der Waals surface area contributed by atoms with E-state index >= 15 is 0 Å². The minimum atomic E-state index is -0.495. The zero-order valence-electron chi connectivity index (χ0n) is 16.0. The van der Waals surface area contributed by atoms with Crippen molar-refractivity contribution in [3.8, 4) is 11.4 Å². The standard InChI is InChI=1S/C22H19BrFN5O/c23-14-5-6-19(27-11-14)28-17-9-13-10-18(17)29(12-13)22(30)15-3-1-4-16(24)20(15)21-25-7-2-8-26-21/h1-8,11,13,17-18H,9-10,12H2,(H,27,28)/t13-,17-,18+/m1/s1. The van der Waals surface area contributed by atoms with Crippen LogP contribution in [0.4, 0.5) is 10.2 Å². The Morgan fingerprint density at radius 2 is 1.93 bits per heavy atom. The minimum absolute atomic E-state index is 0.0424. The Balaban J connectivity index is 1.42. The summed E-state index contributed by atoms with van der Waals surface area (Å²) in [7, 11) is 0. The summed E-state index contributed by atoms with van der Waals surface area (Å²) in [5.74, 6) is 0.756. The molecule has 30 heavy (non-hydrogen) atoms. The molecule has 3 heterocycles. The minimum Gasteiger partial charge on any atom is -0.365 e. The second-order valence-corrected chi connectivity index (χ2v) is 8.63. The molecule has 152 valence electrons. The number of aromatic nitrogens is 3. The third kappa shape index (κ3) is 3.45. The number of hydrogen-bond donors (Lipinski definition) is 1. The van der Waals surface area contributed by atoms with Crippen LogP contribution in [0.25, 0.3) is 11.4 Å².